The molecule has 0 aliphatic heterocycles. The predicted molar refractivity (Wildman–Crippen MR) is 83.4 cm³/mol. The molecule has 0 spiro atoms. The summed E-state index contributed by atoms with van der Waals surface area (Å²) in [6, 6.07) is 12.5. The van der Waals surface area contributed by atoms with Crippen molar-refractivity contribution in [2.75, 3.05) is 0 Å². The highest BCUT2D eigenvalue weighted by Crippen LogP contribution is 2.45. The fraction of sp³-hybridized carbons (Fsp3) is 0.556. The molecule has 1 aliphatic carbocycles. The third-order valence-electron chi connectivity index (χ3n) is 4.38. The van der Waals surface area contributed by atoms with Crippen molar-refractivity contribution in [3.05, 3.63) is 35.9 Å². The molecule has 0 bridgehead atoms. The van der Waals surface area contributed by atoms with Crippen LogP contribution in [-0.4, -0.2) is 11.4 Å². The number of carbonyl (C=O) groups excluding carboxylic acids is 1. The molecule has 0 radical (unpaired) electrons. The fourth-order valence-electron chi connectivity index (χ4n) is 3.05. The van der Waals surface area contributed by atoms with E-state index in [9.17, 15) is 10.1 Å². The van der Waals surface area contributed by atoms with Gasteiger partial charge in [0.2, 0.25) is 5.91 Å². The molecule has 1 N–H and O–H groups in total. The molecular weight excluding hydrogens is 260 g/mol. The summed E-state index contributed by atoms with van der Waals surface area (Å²) in [5, 5.41) is 12.4. The Hall–Kier alpha value is -1.82. The van der Waals surface area contributed by atoms with Crippen molar-refractivity contribution in [1.82, 2.24) is 5.32 Å². The minimum atomic E-state index is -0.788. The van der Waals surface area contributed by atoms with E-state index in [4.69, 9.17) is 0 Å². The summed E-state index contributed by atoms with van der Waals surface area (Å²) in [6.07, 6.45) is 3.15. The highest BCUT2D eigenvalue weighted by atomic mass is 16.2. The average Bonchev–Trinajstić information content (AvgIpc) is 2.42. The Morgan fingerprint density at radius 3 is 2.52 bits per heavy atom. The molecule has 0 atom stereocenters. The van der Waals surface area contributed by atoms with Gasteiger partial charge in [0.25, 0.3) is 0 Å². The topological polar surface area (TPSA) is 52.9 Å². The van der Waals surface area contributed by atoms with Crippen LogP contribution in [0, 0.1) is 22.7 Å². The zero-order valence-corrected chi connectivity index (χ0v) is 13.1. The van der Waals surface area contributed by atoms with Gasteiger partial charge >= 0.3 is 0 Å². The zero-order valence-electron chi connectivity index (χ0n) is 13.1. The first-order valence-electron chi connectivity index (χ1n) is 7.65. The van der Waals surface area contributed by atoms with Crippen molar-refractivity contribution < 1.29 is 4.79 Å². The number of hydrogen-bond donors (Lipinski definition) is 1. The van der Waals surface area contributed by atoms with Crippen molar-refractivity contribution in [3.8, 4) is 6.07 Å². The van der Waals surface area contributed by atoms with E-state index in [2.05, 4.69) is 30.4 Å². The Bertz CT molecular complexity index is 536. The van der Waals surface area contributed by atoms with Gasteiger partial charge in [-0.25, -0.2) is 0 Å². The van der Waals surface area contributed by atoms with E-state index >= 15 is 0 Å². The van der Waals surface area contributed by atoms with Gasteiger partial charge in [-0.2, -0.15) is 5.26 Å². The van der Waals surface area contributed by atoms with E-state index in [0.717, 1.165) is 12.8 Å². The van der Waals surface area contributed by atoms with Crippen molar-refractivity contribution in [1.29, 1.82) is 5.26 Å². The second kappa shape index (κ2) is 5.89. The van der Waals surface area contributed by atoms with Crippen molar-refractivity contribution >= 4 is 5.91 Å². The van der Waals surface area contributed by atoms with Gasteiger partial charge in [0.15, 0.2) is 0 Å². The molecule has 21 heavy (non-hydrogen) atoms. The summed E-state index contributed by atoms with van der Waals surface area (Å²) in [4.78, 5) is 12.4. The quantitative estimate of drug-likeness (QED) is 0.900. The van der Waals surface area contributed by atoms with Gasteiger partial charge < -0.3 is 5.32 Å². The van der Waals surface area contributed by atoms with Crippen LogP contribution in [0.25, 0.3) is 0 Å². The van der Waals surface area contributed by atoms with Crippen LogP contribution in [0.1, 0.15) is 45.6 Å². The van der Waals surface area contributed by atoms with Crippen molar-refractivity contribution in [2.45, 2.75) is 52.0 Å². The summed E-state index contributed by atoms with van der Waals surface area (Å²) >= 11 is 0. The molecule has 1 saturated carbocycles. The van der Waals surface area contributed by atoms with Crippen LogP contribution >= 0.6 is 0 Å². The normalized spacial score (nSPS) is 24.8. The molecule has 1 aromatic carbocycles. The first-order chi connectivity index (χ1) is 9.87. The largest absolute Gasteiger partial charge is 0.350 e. The first-order valence-corrected chi connectivity index (χ1v) is 7.65. The maximum Gasteiger partial charge on any atom is 0.240 e. The average molecular weight is 284 g/mol. The summed E-state index contributed by atoms with van der Waals surface area (Å²) < 4.78 is 0. The van der Waals surface area contributed by atoms with Gasteiger partial charge in [-0.15, -0.1) is 0 Å². The summed E-state index contributed by atoms with van der Waals surface area (Å²) in [5.74, 6) is 0.379. The van der Waals surface area contributed by atoms with Gasteiger partial charge in [-0.1, -0.05) is 37.3 Å². The Balaban J connectivity index is 1.91. The van der Waals surface area contributed by atoms with E-state index < -0.39 is 5.41 Å². The third kappa shape index (κ3) is 3.64. The minimum Gasteiger partial charge on any atom is -0.350 e. The SMILES string of the molecule is CC1CC(C#N)(C(=O)NC(C)(C)CCc2ccccc2)C1. The van der Waals surface area contributed by atoms with Crippen LogP contribution in [-0.2, 0) is 11.2 Å². The van der Waals surface area contributed by atoms with Gasteiger partial charge in [-0.05, 0) is 51.0 Å². The Morgan fingerprint density at radius 2 is 2.00 bits per heavy atom. The number of rotatable bonds is 5. The van der Waals surface area contributed by atoms with Gasteiger partial charge in [0.05, 0.1) is 6.07 Å². The summed E-state index contributed by atoms with van der Waals surface area (Å²) in [7, 11) is 0. The van der Waals surface area contributed by atoms with E-state index in [1.807, 2.05) is 32.0 Å². The van der Waals surface area contributed by atoms with Gasteiger partial charge in [0, 0.05) is 5.54 Å². The number of carbonyl (C=O) groups is 1. The lowest BCUT2D eigenvalue weighted by Crippen LogP contribution is -2.54. The molecule has 1 aliphatic rings. The highest BCUT2D eigenvalue weighted by Gasteiger charge is 2.49. The van der Waals surface area contributed by atoms with E-state index in [-0.39, 0.29) is 11.4 Å². The summed E-state index contributed by atoms with van der Waals surface area (Å²) in [6.45, 7) is 6.14. The lowest BCUT2D eigenvalue weighted by Gasteiger charge is -2.41. The predicted octanol–water partition coefficient (Wildman–Crippen LogP) is 3.45. The standard InChI is InChI=1S/C18H24N2O/c1-14-11-18(12-14,13-19)16(21)20-17(2,3)10-9-15-7-5-4-6-8-15/h4-8,14H,9-12H2,1-3H3,(H,20,21). The van der Waals surface area contributed by atoms with Crippen LogP contribution in [0.4, 0.5) is 0 Å². The molecule has 0 aromatic heterocycles. The van der Waals surface area contributed by atoms with E-state index in [0.29, 0.717) is 18.8 Å². The Kier molecular flexibility index (Phi) is 4.37. The first kappa shape index (κ1) is 15.6. The lowest BCUT2D eigenvalue weighted by molar-refractivity contribution is -0.135. The second-order valence-corrected chi connectivity index (χ2v) is 7.03. The number of hydrogen-bond acceptors (Lipinski definition) is 2. The number of nitrogens with one attached hydrogen (secondary N) is 1. The van der Waals surface area contributed by atoms with Gasteiger partial charge in [-0.3, -0.25) is 4.79 Å². The monoisotopic (exact) mass is 284 g/mol. The Labute approximate surface area is 127 Å². The number of nitrogens with zero attached hydrogens (tertiary/aromatic N) is 1. The molecule has 1 aromatic rings. The molecule has 2 rings (SSSR count). The maximum absolute atomic E-state index is 12.4. The zero-order chi connectivity index (χ0) is 15.5. The van der Waals surface area contributed by atoms with Crippen molar-refractivity contribution in [2.24, 2.45) is 11.3 Å². The Morgan fingerprint density at radius 1 is 1.38 bits per heavy atom. The summed E-state index contributed by atoms with van der Waals surface area (Å²) in [5.41, 5.74) is 0.186. The van der Waals surface area contributed by atoms with Crippen LogP contribution in [0.3, 0.4) is 0 Å². The van der Waals surface area contributed by atoms with Crippen LogP contribution < -0.4 is 5.32 Å². The van der Waals surface area contributed by atoms with Crippen molar-refractivity contribution in [3.63, 3.8) is 0 Å². The smallest absolute Gasteiger partial charge is 0.240 e. The van der Waals surface area contributed by atoms with Crippen LogP contribution in [0.2, 0.25) is 0 Å². The number of benzene rings is 1. The molecule has 112 valence electrons. The molecule has 0 unspecified atom stereocenters. The van der Waals surface area contributed by atoms with Crippen LogP contribution in [0.15, 0.2) is 30.3 Å². The molecular formula is C18H24N2O. The molecule has 1 amide bonds. The maximum atomic E-state index is 12.4. The third-order valence-corrected chi connectivity index (χ3v) is 4.38. The molecule has 3 heteroatoms. The molecule has 3 nitrogen and oxygen atoms in total. The number of aryl methyl sites for hydroxylation is 1. The molecule has 0 saturated heterocycles. The molecule has 1 fully saturated rings. The molecule has 0 heterocycles. The minimum absolute atomic E-state index is 0.0961. The number of nitriles is 1. The van der Waals surface area contributed by atoms with E-state index in [1.54, 1.807) is 0 Å². The highest BCUT2D eigenvalue weighted by molar-refractivity contribution is 5.87. The lowest BCUT2D eigenvalue weighted by atomic mass is 9.63. The van der Waals surface area contributed by atoms with Crippen LogP contribution in [0.5, 0.6) is 0 Å². The van der Waals surface area contributed by atoms with E-state index in [1.165, 1.54) is 5.56 Å². The fourth-order valence-corrected chi connectivity index (χ4v) is 3.05. The van der Waals surface area contributed by atoms with Gasteiger partial charge in [0.1, 0.15) is 5.41 Å². The second-order valence-electron chi connectivity index (χ2n) is 7.03. The number of amides is 1.